The number of benzene rings is 2. The van der Waals surface area contributed by atoms with Gasteiger partial charge in [-0.25, -0.2) is 16.8 Å². The van der Waals surface area contributed by atoms with Crippen molar-refractivity contribution in [2.75, 3.05) is 23.3 Å². The quantitative estimate of drug-likeness (QED) is 0.664. The summed E-state index contributed by atoms with van der Waals surface area (Å²) in [5.41, 5.74) is 2.21. The van der Waals surface area contributed by atoms with Crippen LogP contribution in [0.4, 0.5) is 5.69 Å². The van der Waals surface area contributed by atoms with Crippen LogP contribution in [-0.2, 0) is 20.0 Å². The third-order valence-corrected chi connectivity index (χ3v) is 7.83. The maximum Gasteiger partial charge on any atom is 0.250 e. The molecule has 0 spiro atoms. The highest BCUT2D eigenvalue weighted by atomic mass is 32.2. The van der Waals surface area contributed by atoms with Gasteiger partial charge in [-0.3, -0.25) is 4.72 Å². The van der Waals surface area contributed by atoms with Crippen molar-refractivity contribution < 1.29 is 21.6 Å². The number of rotatable bonds is 8. The van der Waals surface area contributed by atoms with E-state index in [1.54, 1.807) is 57.4 Å². The molecule has 0 saturated carbocycles. The fourth-order valence-corrected chi connectivity index (χ4v) is 4.91. The van der Waals surface area contributed by atoms with Crippen LogP contribution in [0.1, 0.15) is 37.4 Å². The largest absolute Gasteiger partial charge is 0.497 e. The highest BCUT2D eigenvalue weighted by Crippen LogP contribution is 2.37. The molecule has 0 aliphatic carbocycles. The number of hydrogen-bond donors (Lipinski definition) is 1. The number of para-hydroxylation sites is 1. The Morgan fingerprint density at radius 1 is 1.03 bits per heavy atom. The Labute approximate surface area is 177 Å². The van der Waals surface area contributed by atoms with Crippen LogP contribution in [0.15, 0.2) is 53.6 Å². The summed E-state index contributed by atoms with van der Waals surface area (Å²) in [5.74, 6) is 0.501. The van der Waals surface area contributed by atoms with Gasteiger partial charge >= 0.3 is 0 Å². The second-order valence-corrected chi connectivity index (χ2v) is 10.9. The van der Waals surface area contributed by atoms with Gasteiger partial charge in [0.1, 0.15) is 5.75 Å². The standard InChI is InChI=1S/C20H25N3O5S2/c1-4-29(24,25)22-18-9-7-6-8-17(18)19-14-20(23(21-19)30(26,27)5-2)15-10-12-16(28-3)13-11-15/h6-13,20,22H,4-5,14H2,1-3H3/t20-/m1/s1. The summed E-state index contributed by atoms with van der Waals surface area (Å²) in [6.07, 6.45) is 0.316. The van der Waals surface area contributed by atoms with Crippen LogP contribution in [-0.4, -0.2) is 45.6 Å². The summed E-state index contributed by atoms with van der Waals surface area (Å²) in [7, 11) is -5.56. The molecule has 2 aromatic rings. The number of anilines is 1. The van der Waals surface area contributed by atoms with E-state index in [0.29, 0.717) is 29.1 Å². The predicted octanol–water partition coefficient (Wildman–Crippen LogP) is 2.96. The summed E-state index contributed by atoms with van der Waals surface area (Å²) in [6, 6.07) is 13.5. The molecular formula is C20H25N3O5S2. The van der Waals surface area contributed by atoms with Gasteiger partial charge in [-0.1, -0.05) is 30.3 Å². The molecule has 8 nitrogen and oxygen atoms in total. The average Bonchev–Trinajstić information content (AvgIpc) is 3.20. The zero-order chi connectivity index (χ0) is 21.9. The Morgan fingerprint density at radius 3 is 2.30 bits per heavy atom. The third kappa shape index (κ3) is 4.59. The van der Waals surface area contributed by atoms with Crippen molar-refractivity contribution in [1.29, 1.82) is 0 Å². The minimum Gasteiger partial charge on any atom is -0.497 e. The number of hydrazone groups is 1. The average molecular weight is 452 g/mol. The lowest BCUT2D eigenvalue weighted by Gasteiger charge is -2.22. The molecular weight excluding hydrogens is 426 g/mol. The van der Waals surface area contributed by atoms with Crippen LogP contribution in [0.3, 0.4) is 0 Å². The Bertz CT molecular complexity index is 1140. The topological polar surface area (TPSA) is 105 Å². The third-order valence-electron chi connectivity index (χ3n) is 4.91. The van der Waals surface area contributed by atoms with Gasteiger partial charge in [0, 0.05) is 12.0 Å². The molecule has 10 heteroatoms. The van der Waals surface area contributed by atoms with Gasteiger partial charge in [-0.15, -0.1) is 0 Å². The Hall–Kier alpha value is -2.59. The van der Waals surface area contributed by atoms with Crippen molar-refractivity contribution in [3.05, 3.63) is 59.7 Å². The molecule has 0 fully saturated rings. The minimum atomic E-state index is -3.63. The number of methoxy groups -OCH3 is 1. The normalized spacial score (nSPS) is 17.0. The molecule has 1 aliphatic rings. The fraction of sp³-hybridized carbons (Fsp3) is 0.350. The van der Waals surface area contributed by atoms with E-state index in [2.05, 4.69) is 9.82 Å². The predicted molar refractivity (Wildman–Crippen MR) is 118 cm³/mol. The van der Waals surface area contributed by atoms with Gasteiger partial charge in [0.2, 0.25) is 20.0 Å². The van der Waals surface area contributed by atoms with E-state index >= 15 is 0 Å². The molecule has 1 heterocycles. The first-order chi connectivity index (χ1) is 14.2. The molecule has 30 heavy (non-hydrogen) atoms. The molecule has 0 bridgehead atoms. The molecule has 2 aromatic carbocycles. The van der Waals surface area contributed by atoms with E-state index in [4.69, 9.17) is 4.74 Å². The lowest BCUT2D eigenvalue weighted by atomic mass is 9.98. The second kappa shape index (κ2) is 8.65. The highest BCUT2D eigenvalue weighted by Gasteiger charge is 2.36. The molecule has 162 valence electrons. The lowest BCUT2D eigenvalue weighted by molar-refractivity contribution is 0.371. The van der Waals surface area contributed by atoms with Gasteiger partial charge in [0.05, 0.1) is 36.1 Å². The molecule has 0 amide bonds. The maximum atomic E-state index is 12.7. The van der Waals surface area contributed by atoms with Crippen LogP contribution in [0.2, 0.25) is 0 Å². The number of ether oxygens (including phenoxy) is 1. The first kappa shape index (κ1) is 22.1. The van der Waals surface area contributed by atoms with Crippen molar-refractivity contribution >= 4 is 31.4 Å². The molecule has 0 aromatic heterocycles. The highest BCUT2D eigenvalue weighted by molar-refractivity contribution is 7.92. The van der Waals surface area contributed by atoms with Gasteiger partial charge in [-0.05, 0) is 37.6 Å². The lowest BCUT2D eigenvalue weighted by Crippen LogP contribution is -2.28. The van der Waals surface area contributed by atoms with Crippen molar-refractivity contribution in [2.45, 2.75) is 26.3 Å². The van der Waals surface area contributed by atoms with Crippen LogP contribution in [0, 0.1) is 0 Å². The molecule has 1 N–H and O–H groups in total. The Kier molecular flexibility index (Phi) is 6.37. The summed E-state index contributed by atoms with van der Waals surface area (Å²) >= 11 is 0. The smallest absolute Gasteiger partial charge is 0.250 e. The SMILES string of the molecule is CCS(=O)(=O)Nc1ccccc1C1=NN(S(=O)(=O)CC)[C@@H](c2ccc(OC)cc2)C1. The van der Waals surface area contributed by atoms with E-state index in [9.17, 15) is 16.8 Å². The first-order valence-corrected chi connectivity index (χ1v) is 12.8. The van der Waals surface area contributed by atoms with E-state index in [-0.39, 0.29) is 11.5 Å². The fourth-order valence-electron chi connectivity index (χ4n) is 3.18. The van der Waals surface area contributed by atoms with Gasteiger partial charge in [-0.2, -0.15) is 9.52 Å². The monoisotopic (exact) mass is 451 g/mol. The summed E-state index contributed by atoms with van der Waals surface area (Å²) in [6.45, 7) is 3.12. The van der Waals surface area contributed by atoms with Gasteiger partial charge in [0.25, 0.3) is 0 Å². The maximum absolute atomic E-state index is 12.7. The molecule has 3 rings (SSSR count). The zero-order valence-corrected chi connectivity index (χ0v) is 18.7. The van der Waals surface area contributed by atoms with Crippen molar-refractivity contribution in [1.82, 2.24) is 4.41 Å². The van der Waals surface area contributed by atoms with Gasteiger partial charge in [0.15, 0.2) is 0 Å². The summed E-state index contributed by atoms with van der Waals surface area (Å²) in [4.78, 5) is 0. The number of hydrogen-bond acceptors (Lipinski definition) is 6. The molecule has 1 aliphatic heterocycles. The first-order valence-electron chi connectivity index (χ1n) is 9.54. The molecule has 1 atom stereocenters. The second-order valence-electron chi connectivity index (χ2n) is 6.76. The van der Waals surface area contributed by atoms with E-state index in [1.165, 1.54) is 0 Å². The molecule has 0 unspecified atom stereocenters. The van der Waals surface area contributed by atoms with E-state index < -0.39 is 26.1 Å². The van der Waals surface area contributed by atoms with E-state index in [1.807, 2.05) is 12.1 Å². The van der Waals surface area contributed by atoms with Crippen molar-refractivity contribution in [2.24, 2.45) is 5.10 Å². The van der Waals surface area contributed by atoms with Gasteiger partial charge < -0.3 is 4.74 Å². The van der Waals surface area contributed by atoms with Crippen molar-refractivity contribution in [3.63, 3.8) is 0 Å². The number of sulfonamides is 2. The van der Waals surface area contributed by atoms with Crippen LogP contribution >= 0.6 is 0 Å². The van der Waals surface area contributed by atoms with E-state index in [0.717, 1.165) is 9.98 Å². The van der Waals surface area contributed by atoms with Crippen LogP contribution in [0.5, 0.6) is 5.75 Å². The Balaban J connectivity index is 2.04. The Morgan fingerprint density at radius 2 is 1.70 bits per heavy atom. The van der Waals surface area contributed by atoms with Crippen LogP contribution < -0.4 is 9.46 Å². The van der Waals surface area contributed by atoms with Crippen molar-refractivity contribution in [3.8, 4) is 5.75 Å². The minimum absolute atomic E-state index is 0.0708. The van der Waals surface area contributed by atoms with Crippen LogP contribution in [0.25, 0.3) is 0 Å². The molecule has 0 radical (unpaired) electrons. The number of nitrogens with zero attached hydrogens (tertiary/aromatic N) is 2. The summed E-state index contributed by atoms with van der Waals surface area (Å²) in [5, 5.41) is 4.41. The molecule has 0 saturated heterocycles. The summed E-state index contributed by atoms with van der Waals surface area (Å²) < 4.78 is 58.5. The number of nitrogens with one attached hydrogen (secondary N) is 1. The zero-order valence-electron chi connectivity index (χ0n) is 17.1.